The highest BCUT2D eigenvalue weighted by molar-refractivity contribution is 6.01. The molecule has 1 atom stereocenters. The molecular weight excluding hydrogens is 427 g/mol. The Bertz CT molecular complexity index is 1010. The number of hydrogen-bond acceptors (Lipinski definition) is 5. The van der Waals surface area contributed by atoms with Crippen molar-refractivity contribution in [3.05, 3.63) is 58.9 Å². The number of likely N-dealkylation sites (tertiary alicyclic amines) is 1. The molecule has 1 unspecified atom stereocenters. The summed E-state index contributed by atoms with van der Waals surface area (Å²) in [4.78, 5) is 25.9. The number of rotatable bonds is 8. The van der Waals surface area contributed by atoms with E-state index in [1.54, 1.807) is 6.07 Å². The number of carbonyl (C=O) groups excluding carboxylic acids is 2. The molecule has 10 heteroatoms. The number of anilines is 2. The second kappa shape index (κ2) is 10.0. The van der Waals surface area contributed by atoms with E-state index in [-0.39, 0.29) is 36.8 Å². The van der Waals surface area contributed by atoms with Crippen molar-refractivity contribution in [2.75, 3.05) is 25.0 Å². The summed E-state index contributed by atoms with van der Waals surface area (Å²) in [6, 6.07) is 5.86. The predicted octanol–water partition coefficient (Wildman–Crippen LogP) is 2.09. The smallest absolute Gasteiger partial charge is 0.256 e. The summed E-state index contributed by atoms with van der Waals surface area (Å²) < 4.78 is 42.8. The fourth-order valence-electron chi connectivity index (χ4n) is 3.34. The molecule has 1 fully saturated rings. The standard InChI is InChI=1S/C22H24F3N3O4/c1-2-12-3-6-18(17(24)7-12)27-21-15(4-5-16(23)20(21)25)22(32)28-9-13(10-28)26-19(31)8-14(30)11-29/h3-7,13-14,27,29-30H,2,8-11H2,1H3,(H,26,31). The van der Waals surface area contributed by atoms with Crippen LogP contribution in [0.15, 0.2) is 30.3 Å². The zero-order chi connectivity index (χ0) is 23.4. The first-order valence-corrected chi connectivity index (χ1v) is 10.1. The van der Waals surface area contributed by atoms with Crippen LogP contribution in [0, 0.1) is 17.5 Å². The lowest BCUT2D eigenvalue weighted by atomic mass is 10.0. The van der Waals surface area contributed by atoms with Crippen molar-refractivity contribution in [3.63, 3.8) is 0 Å². The summed E-state index contributed by atoms with van der Waals surface area (Å²) in [5.41, 5.74) is -0.0266. The van der Waals surface area contributed by atoms with Crippen LogP contribution < -0.4 is 10.6 Å². The SMILES string of the molecule is CCc1ccc(Nc2c(C(=O)N3CC(NC(=O)CC(O)CO)C3)ccc(F)c2F)c(F)c1. The molecule has 0 spiro atoms. The monoisotopic (exact) mass is 451 g/mol. The Labute approximate surface area is 182 Å². The molecule has 0 saturated carbocycles. The van der Waals surface area contributed by atoms with Crippen LogP contribution in [0.1, 0.15) is 29.3 Å². The van der Waals surface area contributed by atoms with Gasteiger partial charge in [-0.1, -0.05) is 13.0 Å². The molecule has 1 saturated heterocycles. The largest absolute Gasteiger partial charge is 0.394 e. The molecule has 1 heterocycles. The van der Waals surface area contributed by atoms with E-state index in [1.807, 2.05) is 6.92 Å². The lowest BCUT2D eigenvalue weighted by molar-refractivity contribution is -0.125. The van der Waals surface area contributed by atoms with E-state index < -0.39 is 47.7 Å². The Morgan fingerprint density at radius 3 is 2.50 bits per heavy atom. The van der Waals surface area contributed by atoms with Crippen LogP contribution in [0.5, 0.6) is 0 Å². The van der Waals surface area contributed by atoms with Gasteiger partial charge in [0.25, 0.3) is 5.91 Å². The molecule has 2 aromatic carbocycles. The maximum Gasteiger partial charge on any atom is 0.256 e. The van der Waals surface area contributed by atoms with Crippen LogP contribution in [0.2, 0.25) is 0 Å². The number of aryl methyl sites for hydroxylation is 1. The van der Waals surface area contributed by atoms with Crippen LogP contribution in [0.3, 0.4) is 0 Å². The van der Waals surface area contributed by atoms with E-state index in [1.165, 1.54) is 17.0 Å². The molecule has 3 rings (SSSR count). The van der Waals surface area contributed by atoms with Gasteiger partial charge in [-0.05, 0) is 36.2 Å². The number of halogens is 3. The average molecular weight is 451 g/mol. The summed E-state index contributed by atoms with van der Waals surface area (Å²) in [5.74, 6) is -4.25. The van der Waals surface area contributed by atoms with E-state index in [0.29, 0.717) is 6.42 Å². The van der Waals surface area contributed by atoms with Crippen molar-refractivity contribution >= 4 is 23.2 Å². The lowest BCUT2D eigenvalue weighted by Crippen LogP contribution is -2.61. The van der Waals surface area contributed by atoms with Crippen molar-refractivity contribution in [2.24, 2.45) is 0 Å². The minimum absolute atomic E-state index is 0.100. The van der Waals surface area contributed by atoms with Crippen molar-refractivity contribution in [1.82, 2.24) is 10.2 Å². The molecule has 0 aromatic heterocycles. The Morgan fingerprint density at radius 2 is 1.88 bits per heavy atom. The Hall–Kier alpha value is -3.11. The number of aliphatic hydroxyl groups is 2. The molecule has 1 aliphatic heterocycles. The maximum absolute atomic E-state index is 14.5. The van der Waals surface area contributed by atoms with E-state index >= 15 is 0 Å². The molecule has 32 heavy (non-hydrogen) atoms. The molecule has 0 bridgehead atoms. The number of carbonyl (C=O) groups is 2. The molecule has 1 aliphatic rings. The van der Waals surface area contributed by atoms with Crippen molar-refractivity contribution in [1.29, 1.82) is 0 Å². The molecule has 7 nitrogen and oxygen atoms in total. The Balaban J connectivity index is 1.73. The zero-order valence-corrected chi connectivity index (χ0v) is 17.4. The molecular formula is C22H24F3N3O4. The first-order chi connectivity index (χ1) is 15.2. The van der Waals surface area contributed by atoms with Gasteiger partial charge in [0.15, 0.2) is 11.6 Å². The van der Waals surface area contributed by atoms with Crippen LogP contribution >= 0.6 is 0 Å². The Kier molecular flexibility index (Phi) is 7.37. The highest BCUT2D eigenvalue weighted by atomic mass is 19.2. The summed E-state index contributed by atoms with van der Waals surface area (Å²) >= 11 is 0. The minimum Gasteiger partial charge on any atom is -0.394 e. The summed E-state index contributed by atoms with van der Waals surface area (Å²) in [6.45, 7) is 1.55. The van der Waals surface area contributed by atoms with Gasteiger partial charge in [0, 0.05) is 13.1 Å². The van der Waals surface area contributed by atoms with Crippen molar-refractivity contribution < 1.29 is 33.0 Å². The third-order valence-electron chi connectivity index (χ3n) is 5.19. The number of benzene rings is 2. The number of hydrogen-bond donors (Lipinski definition) is 4. The first kappa shape index (κ1) is 23.6. The van der Waals surface area contributed by atoms with Crippen LogP contribution in [-0.2, 0) is 11.2 Å². The quantitative estimate of drug-likeness (QED) is 0.493. The minimum atomic E-state index is -1.31. The molecule has 2 aromatic rings. The third-order valence-corrected chi connectivity index (χ3v) is 5.19. The molecule has 0 aliphatic carbocycles. The van der Waals surface area contributed by atoms with Crippen LogP contribution in [0.4, 0.5) is 24.5 Å². The maximum atomic E-state index is 14.5. The number of nitrogens with one attached hydrogen (secondary N) is 2. The number of aliphatic hydroxyl groups excluding tert-OH is 2. The fourth-order valence-corrected chi connectivity index (χ4v) is 3.34. The highest BCUT2D eigenvalue weighted by Crippen LogP contribution is 2.30. The molecule has 2 amide bonds. The van der Waals surface area contributed by atoms with Gasteiger partial charge in [0.05, 0.1) is 42.1 Å². The number of nitrogens with zero attached hydrogens (tertiary/aromatic N) is 1. The van der Waals surface area contributed by atoms with E-state index in [9.17, 15) is 27.9 Å². The second-order valence-corrected chi connectivity index (χ2v) is 7.59. The Morgan fingerprint density at radius 1 is 1.16 bits per heavy atom. The van der Waals surface area contributed by atoms with Gasteiger partial charge in [0.2, 0.25) is 5.91 Å². The van der Waals surface area contributed by atoms with E-state index in [0.717, 1.165) is 17.7 Å². The zero-order valence-electron chi connectivity index (χ0n) is 17.4. The second-order valence-electron chi connectivity index (χ2n) is 7.59. The van der Waals surface area contributed by atoms with Crippen LogP contribution in [0.25, 0.3) is 0 Å². The first-order valence-electron chi connectivity index (χ1n) is 10.1. The average Bonchev–Trinajstić information content (AvgIpc) is 2.74. The van der Waals surface area contributed by atoms with E-state index in [4.69, 9.17) is 5.11 Å². The van der Waals surface area contributed by atoms with Gasteiger partial charge in [0.1, 0.15) is 5.82 Å². The third kappa shape index (κ3) is 5.20. The summed E-state index contributed by atoms with van der Waals surface area (Å²) in [5, 5.41) is 23.2. The van der Waals surface area contributed by atoms with Gasteiger partial charge in [-0.15, -0.1) is 0 Å². The van der Waals surface area contributed by atoms with Crippen molar-refractivity contribution in [2.45, 2.75) is 31.9 Å². The van der Waals surface area contributed by atoms with E-state index in [2.05, 4.69) is 10.6 Å². The number of amides is 2. The predicted molar refractivity (Wildman–Crippen MR) is 111 cm³/mol. The topological polar surface area (TPSA) is 102 Å². The fraction of sp³-hybridized carbons (Fsp3) is 0.364. The molecule has 172 valence electrons. The molecule has 0 radical (unpaired) electrons. The van der Waals surface area contributed by atoms with Gasteiger partial charge < -0.3 is 25.7 Å². The van der Waals surface area contributed by atoms with Gasteiger partial charge in [-0.3, -0.25) is 9.59 Å². The normalized spacial score (nSPS) is 14.6. The highest BCUT2D eigenvalue weighted by Gasteiger charge is 2.34. The lowest BCUT2D eigenvalue weighted by Gasteiger charge is -2.40. The van der Waals surface area contributed by atoms with Gasteiger partial charge in [-0.2, -0.15) is 0 Å². The summed E-state index contributed by atoms with van der Waals surface area (Å²) in [6.07, 6.45) is -0.850. The van der Waals surface area contributed by atoms with Crippen molar-refractivity contribution in [3.8, 4) is 0 Å². The van der Waals surface area contributed by atoms with Crippen LogP contribution in [-0.4, -0.2) is 58.8 Å². The van der Waals surface area contributed by atoms with Gasteiger partial charge in [-0.25, -0.2) is 13.2 Å². The molecule has 4 N–H and O–H groups in total. The summed E-state index contributed by atoms with van der Waals surface area (Å²) in [7, 11) is 0. The van der Waals surface area contributed by atoms with Gasteiger partial charge >= 0.3 is 0 Å².